The van der Waals surface area contributed by atoms with Crippen LogP contribution >= 0.6 is 7.82 Å². The number of rotatable bonds is 0. The SMILES string of the molecule is N[C@@H]1CCCNC1.O=P(O)(O)O. The summed E-state index contributed by atoms with van der Waals surface area (Å²) in [4.78, 5) is 21.6. The van der Waals surface area contributed by atoms with Gasteiger partial charge in [-0.05, 0) is 19.4 Å². The first-order chi connectivity index (χ1) is 5.39. The fourth-order valence-corrected chi connectivity index (χ4v) is 0.879. The van der Waals surface area contributed by atoms with Gasteiger partial charge in [0.15, 0.2) is 0 Å². The Labute approximate surface area is 71.0 Å². The van der Waals surface area contributed by atoms with Crippen molar-refractivity contribution < 1.29 is 19.2 Å². The monoisotopic (exact) mass is 198 g/mol. The van der Waals surface area contributed by atoms with Crippen molar-refractivity contribution in [3.63, 3.8) is 0 Å². The second kappa shape index (κ2) is 5.64. The summed E-state index contributed by atoms with van der Waals surface area (Å²) in [7, 11) is -4.64. The molecule has 0 aliphatic carbocycles. The molecular formula is C5H15N2O4P. The molecule has 6 N–H and O–H groups in total. The largest absolute Gasteiger partial charge is 0.466 e. The van der Waals surface area contributed by atoms with E-state index in [0.29, 0.717) is 6.04 Å². The molecule has 1 aliphatic heterocycles. The van der Waals surface area contributed by atoms with Gasteiger partial charge in [0.2, 0.25) is 0 Å². The Morgan fingerprint density at radius 2 is 1.92 bits per heavy atom. The predicted molar refractivity (Wildman–Crippen MR) is 44.3 cm³/mol. The number of phosphoric acid groups is 1. The Kier molecular flexibility index (Phi) is 5.65. The third-order valence-corrected chi connectivity index (χ3v) is 1.33. The van der Waals surface area contributed by atoms with Crippen LogP contribution in [0.1, 0.15) is 12.8 Å². The highest BCUT2D eigenvalue weighted by molar-refractivity contribution is 7.45. The van der Waals surface area contributed by atoms with Crippen molar-refractivity contribution in [1.82, 2.24) is 5.32 Å². The van der Waals surface area contributed by atoms with Gasteiger partial charge in [-0.25, -0.2) is 4.57 Å². The van der Waals surface area contributed by atoms with Crippen molar-refractivity contribution in [1.29, 1.82) is 0 Å². The van der Waals surface area contributed by atoms with Crippen molar-refractivity contribution in [3.8, 4) is 0 Å². The summed E-state index contributed by atoms with van der Waals surface area (Å²) in [6.07, 6.45) is 2.45. The van der Waals surface area contributed by atoms with E-state index < -0.39 is 7.82 Å². The van der Waals surface area contributed by atoms with Gasteiger partial charge in [-0.1, -0.05) is 0 Å². The van der Waals surface area contributed by atoms with Crippen LogP contribution in [0.5, 0.6) is 0 Å². The Hall–Kier alpha value is 0.0300. The summed E-state index contributed by atoms with van der Waals surface area (Å²) in [5.41, 5.74) is 5.57. The highest BCUT2D eigenvalue weighted by atomic mass is 31.2. The maximum Gasteiger partial charge on any atom is 0.466 e. The van der Waals surface area contributed by atoms with E-state index in [0.717, 1.165) is 13.1 Å². The van der Waals surface area contributed by atoms with Crippen LogP contribution in [-0.2, 0) is 4.57 Å². The quantitative estimate of drug-likeness (QED) is 0.311. The highest BCUT2D eigenvalue weighted by Crippen LogP contribution is 2.25. The van der Waals surface area contributed by atoms with Crippen LogP contribution in [0.25, 0.3) is 0 Å². The molecule has 0 amide bonds. The maximum atomic E-state index is 8.88. The van der Waals surface area contributed by atoms with E-state index in [9.17, 15) is 0 Å². The molecule has 12 heavy (non-hydrogen) atoms. The lowest BCUT2D eigenvalue weighted by molar-refractivity contribution is 0.275. The standard InChI is InChI=1S/C5H12N2.H3O4P/c6-5-2-1-3-7-4-5;1-5(2,3)4/h5,7H,1-4,6H2;(H3,1,2,3,4)/t5-;/m1./s1. The van der Waals surface area contributed by atoms with Crippen molar-refractivity contribution in [3.05, 3.63) is 0 Å². The van der Waals surface area contributed by atoms with Crippen molar-refractivity contribution in [2.24, 2.45) is 5.73 Å². The minimum atomic E-state index is -4.64. The minimum Gasteiger partial charge on any atom is -0.327 e. The van der Waals surface area contributed by atoms with Gasteiger partial charge in [0, 0.05) is 12.6 Å². The minimum absolute atomic E-state index is 0.425. The second-order valence-corrected chi connectivity index (χ2v) is 3.65. The molecule has 74 valence electrons. The van der Waals surface area contributed by atoms with Gasteiger partial charge >= 0.3 is 7.82 Å². The van der Waals surface area contributed by atoms with Crippen LogP contribution in [-0.4, -0.2) is 33.8 Å². The number of nitrogens with one attached hydrogen (secondary N) is 1. The summed E-state index contributed by atoms with van der Waals surface area (Å²) in [6, 6.07) is 0.425. The lowest BCUT2D eigenvalue weighted by Crippen LogP contribution is -2.39. The van der Waals surface area contributed by atoms with Gasteiger partial charge in [0.25, 0.3) is 0 Å². The first kappa shape index (κ1) is 12.0. The molecule has 1 aliphatic rings. The van der Waals surface area contributed by atoms with Crippen molar-refractivity contribution in [2.45, 2.75) is 18.9 Å². The lowest BCUT2D eigenvalue weighted by atomic mass is 10.1. The Bertz CT molecular complexity index is 145. The number of nitrogens with two attached hydrogens (primary N) is 1. The molecule has 0 saturated carbocycles. The van der Waals surface area contributed by atoms with Gasteiger partial charge in [-0.15, -0.1) is 0 Å². The summed E-state index contributed by atoms with van der Waals surface area (Å²) in [6.45, 7) is 2.17. The van der Waals surface area contributed by atoms with Crippen LogP contribution in [0.3, 0.4) is 0 Å². The van der Waals surface area contributed by atoms with Gasteiger partial charge in [0.05, 0.1) is 0 Å². The molecule has 0 aromatic carbocycles. The molecule has 1 saturated heterocycles. The van der Waals surface area contributed by atoms with E-state index in [1.165, 1.54) is 12.8 Å². The van der Waals surface area contributed by atoms with E-state index in [4.69, 9.17) is 25.0 Å². The highest BCUT2D eigenvalue weighted by Gasteiger charge is 2.05. The average molecular weight is 198 g/mol. The molecule has 1 heterocycles. The normalized spacial score (nSPS) is 24.2. The number of piperidine rings is 1. The smallest absolute Gasteiger partial charge is 0.327 e. The fourth-order valence-electron chi connectivity index (χ4n) is 0.879. The topological polar surface area (TPSA) is 116 Å². The first-order valence-electron chi connectivity index (χ1n) is 3.64. The van der Waals surface area contributed by atoms with Crippen LogP contribution in [0.4, 0.5) is 0 Å². The van der Waals surface area contributed by atoms with E-state index in [-0.39, 0.29) is 0 Å². The van der Waals surface area contributed by atoms with Crippen LogP contribution in [0, 0.1) is 0 Å². The van der Waals surface area contributed by atoms with Gasteiger partial charge in [-0.3, -0.25) is 0 Å². The van der Waals surface area contributed by atoms with Crippen LogP contribution in [0.2, 0.25) is 0 Å². The molecule has 6 nitrogen and oxygen atoms in total. The molecule has 0 unspecified atom stereocenters. The summed E-state index contributed by atoms with van der Waals surface area (Å²) >= 11 is 0. The van der Waals surface area contributed by atoms with E-state index in [1.54, 1.807) is 0 Å². The lowest BCUT2D eigenvalue weighted by Gasteiger charge is -2.17. The Morgan fingerprint density at radius 1 is 1.42 bits per heavy atom. The van der Waals surface area contributed by atoms with Crippen LogP contribution < -0.4 is 11.1 Å². The second-order valence-electron chi connectivity index (χ2n) is 2.62. The molecule has 0 bridgehead atoms. The summed E-state index contributed by atoms with van der Waals surface area (Å²) < 4.78 is 8.88. The zero-order valence-corrected chi connectivity index (χ0v) is 7.57. The summed E-state index contributed by atoms with van der Waals surface area (Å²) in [5.74, 6) is 0. The van der Waals surface area contributed by atoms with E-state index >= 15 is 0 Å². The molecule has 0 aromatic heterocycles. The molecule has 7 heteroatoms. The Morgan fingerprint density at radius 3 is 2.08 bits per heavy atom. The van der Waals surface area contributed by atoms with Crippen molar-refractivity contribution in [2.75, 3.05) is 13.1 Å². The zero-order chi connectivity index (χ0) is 9.61. The molecule has 0 spiro atoms. The third kappa shape index (κ3) is 12.7. The average Bonchev–Trinajstić information content (AvgIpc) is 1.85. The maximum absolute atomic E-state index is 8.88. The number of hydrogen-bond acceptors (Lipinski definition) is 3. The van der Waals surface area contributed by atoms with E-state index in [2.05, 4.69) is 5.32 Å². The molecule has 0 radical (unpaired) electrons. The molecular weight excluding hydrogens is 183 g/mol. The molecule has 1 atom stereocenters. The van der Waals surface area contributed by atoms with Crippen LogP contribution in [0.15, 0.2) is 0 Å². The van der Waals surface area contributed by atoms with Gasteiger partial charge < -0.3 is 25.7 Å². The fraction of sp³-hybridized carbons (Fsp3) is 1.00. The molecule has 0 aromatic rings. The van der Waals surface area contributed by atoms with Crippen molar-refractivity contribution >= 4 is 7.82 Å². The van der Waals surface area contributed by atoms with Gasteiger partial charge in [0.1, 0.15) is 0 Å². The number of hydrogen-bond donors (Lipinski definition) is 5. The van der Waals surface area contributed by atoms with Gasteiger partial charge in [-0.2, -0.15) is 0 Å². The zero-order valence-electron chi connectivity index (χ0n) is 6.68. The third-order valence-electron chi connectivity index (χ3n) is 1.33. The molecule has 1 fully saturated rings. The predicted octanol–water partition coefficient (Wildman–Crippen LogP) is -1.23. The first-order valence-corrected chi connectivity index (χ1v) is 5.20. The summed E-state index contributed by atoms with van der Waals surface area (Å²) in [5, 5.41) is 3.21. The molecule has 1 rings (SSSR count). The van der Waals surface area contributed by atoms with E-state index in [1.807, 2.05) is 0 Å². The Balaban J connectivity index is 0.000000217.